The summed E-state index contributed by atoms with van der Waals surface area (Å²) in [6.07, 6.45) is 0.994. The van der Waals surface area contributed by atoms with E-state index in [0.29, 0.717) is 18.5 Å². The molecule has 2 aliphatic heterocycles. The van der Waals surface area contributed by atoms with E-state index in [0.717, 1.165) is 4.90 Å². The summed E-state index contributed by atoms with van der Waals surface area (Å²) in [7, 11) is 0. The average molecular weight is 442 g/mol. The van der Waals surface area contributed by atoms with Crippen LogP contribution in [0.3, 0.4) is 0 Å². The van der Waals surface area contributed by atoms with E-state index in [2.05, 4.69) is 16.0 Å². The maximum atomic E-state index is 13.1. The lowest BCUT2D eigenvalue weighted by Gasteiger charge is -2.37. The molecule has 1 aromatic carbocycles. The molecule has 10 nitrogen and oxygen atoms in total. The van der Waals surface area contributed by atoms with Crippen molar-refractivity contribution < 1.29 is 28.7 Å². The first kappa shape index (κ1) is 21.8. The highest BCUT2D eigenvalue weighted by molar-refractivity contribution is 6.25. The Morgan fingerprint density at radius 1 is 1.09 bits per heavy atom. The SMILES string of the molecule is CC(C)(C)OC(=O)NC1CC(Nc2cccc3c2C(=O)N(C2CCC(=O)NC2=O)C3=O)C1. The Bertz CT molecular complexity index is 1010. The van der Waals surface area contributed by atoms with Gasteiger partial charge in [0.1, 0.15) is 11.6 Å². The molecule has 2 fully saturated rings. The molecule has 1 saturated carbocycles. The number of carbonyl (C=O) groups excluding carboxylic acids is 5. The van der Waals surface area contributed by atoms with Crippen LogP contribution < -0.4 is 16.0 Å². The molecule has 3 N–H and O–H groups in total. The van der Waals surface area contributed by atoms with Crippen LogP contribution in [0.5, 0.6) is 0 Å². The zero-order valence-electron chi connectivity index (χ0n) is 18.2. The minimum absolute atomic E-state index is 0.00832. The van der Waals surface area contributed by atoms with Gasteiger partial charge in [-0.25, -0.2) is 4.79 Å². The number of hydrogen-bond acceptors (Lipinski definition) is 7. The van der Waals surface area contributed by atoms with E-state index < -0.39 is 41.4 Å². The molecule has 1 unspecified atom stereocenters. The Kier molecular flexibility index (Phi) is 5.39. The van der Waals surface area contributed by atoms with Gasteiger partial charge in [-0.2, -0.15) is 0 Å². The summed E-state index contributed by atoms with van der Waals surface area (Å²) in [5.41, 5.74) is 0.395. The van der Waals surface area contributed by atoms with Crippen molar-refractivity contribution in [2.75, 3.05) is 5.32 Å². The highest BCUT2D eigenvalue weighted by Gasteiger charge is 2.46. The molecule has 0 radical (unpaired) electrons. The highest BCUT2D eigenvalue weighted by atomic mass is 16.6. The average Bonchev–Trinajstić information content (AvgIpc) is 2.90. The molecule has 1 saturated heterocycles. The number of benzene rings is 1. The fourth-order valence-electron chi connectivity index (χ4n) is 4.18. The van der Waals surface area contributed by atoms with Crippen molar-refractivity contribution >= 4 is 35.4 Å². The van der Waals surface area contributed by atoms with Crippen LogP contribution in [0.25, 0.3) is 0 Å². The minimum Gasteiger partial charge on any atom is -0.444 e. The van der Waals surface area contributed by atoms with Gasteiger partial charge in [0, 0.05) is 24.2 Å². The number of rotatable bonds is 4. The van der Waals surface area contributed by atoms with E-state index in [4.69, 9.17) is 4.74 Å². The zero-order chi connectivity index (χ0) is 23.2. The standard InChI is InChI=1S/C22H26N4O6/c1-22(2,3)32-21(31)24-12-9-11(10-12)23-14-6-4-5-13-17(14)20(30)26(19(13)29)15-7-8-16(27)25-18(15)28/h4-6,11-12,15,23H,7-10H2,1-3H3,(H,24,31)(H,25,27,28). The van der Waals surface area contributed by atoms with Gasteiger partial charge in [0.25, 0.3) is 11.8 Å². The van der Waals surface area contributed by atoms with E-state index in [-0.39, 0.29) is 36.1 Å². The Hall–Kier alpha value is -3.43. The number of ether oxygens (including phenoxy) is 1. The molecule has 0 bridgehead atoms. The van der Waals surface area contributed by atoms with Crippen LogP contribution in [-0.4, -0.2) is 58.3 Å². The molecule has 1 aliphatic carbocycles. The molecule has 3 aliphatic rings. The number of fused-ring (bicyclic) bond motifs is 1. The van der Waals surface area contributed by atoms with Crippen molar-refractivity contribution in [1.82, 2.24) is 15.5 Å². The lowest BCUT2D eigenvalue weighted by molar-refractivity contribution is -0.136. The second-order valence-electron chi connectivity index (χ2n) is 9.33. The quantitative estimate of drug-likeness (QED) is 0.603. The summed E-state index contributed by atoms with van der Waals surface area (Å²) in [5, 5.41) is 8.28. The van der Waals surface area contributed by atoms with Crippen LogP contribution >= 0.6 is 0 Å². The Labute approximate surface area is 185 Å². The third-order valence-electron chi connectivity index (χ3n) is 5.69. The fraction of sp³-hybridized carbons (Fsp3) is 0.500. The van der Waals surface area contributed by atoms with Crippen molar-refractivity contribution in [1.29, 1.82) is 0 Å². The third kappa shape index (κ3) is 4.17. The molecule has 170 valence electrons. The Morgan fingerprint density at radius 3 is 2.47 bits per heavy atom. The van der Waals surface area contributed by atoms with Crippen molar-refractivity contribution in [3.8, 4) is 0 Å². The second kappa shape index (κ2) is 7.92. The van der Waals surface area contributed by atoms with Gasteiger partial charge >= 0.3 is 6.09 Å². The summed E-state index contributed by atoms with van der Waals surface area (Å²) in [5.74, 6) is -2.14. The molecule has 0 aromatic heterocycles. The number of imide groups is 2. The predicted octanol–water partition coefficient (Wildman–Crippen LogP) is 1.56. The molecule has 10 heteroatoms. The van der Waals surface area contributed by atoms with Gasteiger partial charge in [0.05, 0.1) is 11.1 Å². The molecule has 0 spiro atoms. The first-order valence-corrected chi connectivity index (χ1v) is 10.6. The van der Waals surface area contributed by atoms with Crippen LogP contribution in [0.2, 0.25) is 0 Å². The van der Waals surface area contributed by atoms with Gasteiger partial charge in [-0.3, -0.25) is 29.4 Å². The number of nitrogens with one attached hydrogen (secondary N) is 3. The molecule has 1 aromatic rings. The Balaban J connectivity index is 1.42. The third-order valence-corrected chi connectivity index (χ3v) is 5.69. The lowest BCUT2D eigenvalue weighted by Crippen LogP contribution is -2.54. The van der Waals surface area contributed by atoms with Gasteiger partial charge in [-0.05, 0) is 52.2 Å². The van der Waals surface area contributed by atoms with E-state index in [1.165, 1.54) is 0 Å². The molecule has 5 amide bonds. The monoisotopic (exact) mass is 442 g/mol. The normalized spacial score (nSPS) is 25.1. The molecule has 2 heterocycles. The topological polar surface area (TPSA) is 134 Å². The van der Waals surface area contributed by atoms with E-state index >= 15 is 0 Å². The second-order valence-corrected chi connectivity index (χ2v) is 9.33. The maximum Gasteiger partial charge on any atom is 0.407 e. The van der Waals surface area contributed by atoms with Crippen LogP contribution in [0.15, 0.2) is 18.2 Å². The number of amides is 5. The molecule has 32 heavy (non-hydrogen) atoms. The number of anilines is 1. The number of carbonyl (C=O) groups is 5. The highest BCUT2D eigenvalue weighted by Crippen LogP contribution is 2.34. The number of hydrogen-bond donors (Lipinski definition) is 3. The van der Waals surface area contributed by atoms with E-state index in [9.17, 15) is 24.0 Å². The number of piperidine rings is 1. The van der Waals surface area contributed by atoms with Crippen molar-refractivity contribution in [2.24, 2.45) is 0 Å². The smallest absolute Gasteiger partial charge is 0.407 e. The van der Waals surface area contributed by atoms with Gasteiger partial charge in [-0.15, -0.1) is 0 Å². The van der Waals surface area contributed by atoms with Crippen molar-refractivity contribution in [3.05, 3.63) is 29.3 Å². The molecular weight excluding hydrogens is 416 g/mol. The predicted molar refractivity (Wildman–Crippen MR) is 113 cm³/mol. The molecular formula is C22H26N4O6. The van der Waals surface area contributed by atoms with Gasteiger partial charge in [0.15, 0.2) is 0 Å². The summed E-state index contributed by atoms with van der Waals surface area (Å²) < 4.78 is 5.26. The van der Waals surface area contributed by atoms with Gasteiger partial charge in [0.2, 0.25) is 11.8 Å². The van der Waals surface area contributed by atoms with Crippen molar-refractivity contribution in [2.45, 2.75) is 70.2 Å². The number of nitrogens with zero attached hydrogens (tertiary/aromatic N) is 1. The lowest BCUT2D eigenvalue weighted by atomic mass is 9.86. The van der Waals surface area contributed by atoms with Gasteiger partial charge < -0.3 is 15.4 Å². The largest absolute Gasteiger partial charge is 0.444 e. The van der Waals surface area contributed by atoms with Crippen LogP contribution in [0, 0.1) is 0 Å². The fourth-order valence-corrected chi connectivity index (χ4v) is 4.18. The first-order chi connectivity index (χ1) is 15.0. The maximum absolute atomic E-state index is 13.1. The van der Waals surface area contributed by atoms with Gasteiger partial charge in [-0.1, -0.05) is 6.07 Å². The summed E-state index contributed by atoms with van der Waals surface area (Å²) in [6, 6.07) is 3.91. The Morgan fingerprint density at radius 2 is 1.81 bits per heavy atom. The molecule has 4 rings (SSSR count). The van der Waals surface area contributed by atoms with Crippen LogP contribution in [-0.2, 0) is 14.3 Å². The first-order valence-electron chi connectivity index (χ1n) is 10.6. The van der Waals surface area contributed by atoms with Crippen LogP contribution in [0.4, 0.5) is 10.5 Å². The van der Waals surface area contributed by atoms with Crippen molar-refractivity contribution in [3.63, 3.8) is 0 Å². The van der Waals surface area contributed by atoms with E-state index in [1.807, 2.05) is 0 Å². The van der Waals surface area contributed by atoms with Crippen LogP contribution in [0.1, 0.15) is 67.2 Å². The summed E-state index contributed by atoms with van der Waals surface area (Å²) in [4.78, 5) is 62.5. The summed E-state index contributed by atoms with van der Waals surface area (Å²) in [6.45, 7) is 5.39. The molecule has 1 atom stereocenters. The number of alkyl carbamates (subject to hydrolysis) is 1. The zero-order valence-corrected chi connectivity index (χ0v) is 18.2. The minimum atomic E-state index is -1.00. The summed E-state index contributed by atoms with van der Waals surface area (Å²) >= 11 is 0. The van der Waals surface area contributed by atoms with E-state index in [1.54, 1.807) is 39.0 Å².